The minimum absolute atomic E-state index is 0.505. The monoisotopic (exact) mass is 282 g/mol. The molecule has 0 aliphatic heterocycles. The molecule has 0 unspecified atom stereocenters. The van der Waals surface area contributed by atoms with Gasteiger partial charge >= 0.3 is 10.2 Å². The van der Waals surface area contributed by atoms with Crippen molar-refractivity contribution < 1.29 is 8.42 Å². The largest absolute Gasteiger partial charge is 0.301 e. The van der Waals surface area contributed by atoms with E-state index in [-0.39, 0.29) is 0 Å². The van der Waals surface area contributed by atoms with Gasteiger partial charge in [-0.1, -0.05) is 25.5 Å². The fraction of sp³-hybridized carbons (Fsp3) is 0.417. The summed E-state index contributed by atoms with van der Waals surface area (Å²) in [5, 5.41) is 7.58. The van der Waals surface area contributed by atoms with E-state index in [1.807, 2.05) is 13.0 Å². The molecule has 0 fully saturated rings. The third-order valence-electron chi connectivity index (χ3n) is 2.95. The summed E-state index contributed by atoms with van der Waals surface area (Å²) in [5.41, 5.74) is 1.20. The van der Waals surface area contributed by atoms with Crippen molar-refractivity contribution in [3.8, 4) is 0 Å². The van der Waals surface area contributed by atoms with Gasteiger partial charge in [-0.05, 0) is 12.5 Å². The molecule has 0 atom stereocenters. The number of hydrogen-bond acceptors (Lipinski definition) is 3. The highest BCUT2D eigenvalue weighted by Gasteiger charge is 2.18. The third kappa shape index (κ3) is 3.05. The van der Waals surface area contributed by atoms with Gasteiger partial charge in [0, 0.05) is 19.0 Å². The Hall–Kier alpha value is -1.60. The molecule has 104 valence electrons. The first-order valence-corrected chi connectivity index (χ1v) is 7.65. The van der Waals surface area contributed by atoms with Crippen LogP contribution in [-0.4, -0.2) is 36.5 Å². The number of anilines is 1. The Bertz CT molecular complexity index is 651. The zero-order chi connectivity index (χ0) is 13.9. The van der Waals surface area contributed by atoms with E-state index in [2.05, 4.69) is 14.9 Å². The van der Waals surface area contributed by atoms with Crippen LogP contribution in [0.1, 0.15) is 19.8 Å². The number of nitrogens with zero attached hydrogens (tertiary/aromatic N) is 2. The Morgan fingerprint density at radius 1 is 1.42 bits per heavy atom. The van der Waals surface area contributed by atoms with Gasteiger partial charge in [0.15, 0.2) is 0 Å². The van der Waals surface area contributed by atoms with E-state index in [1.54, 1.807) is 25.4 Å². The molecule has 0 radical (unpaired) electrons. The second kappa shape index (κ2) is 5.58. The van der Waals surface area contributed by atoms with E-state index in [4.69, 9.17) is 0 Å². The lowest BCUT2D eigenvalue weighted by molar-refractivity contribution is 0.464. The predicted molar refractivity (Wildman–Crippen MR) is 76.2 cm³/mol. The van der Waals surface area contributed by atoms with Crippen LogP contribution in [0.15, 0.2) is 24.4 Å². The Balaban J connectivity index is 2.22. The molecule has 7 heteroatoms. The lowest BCUT2D eigenvalue weighted by Crippen LogP contribution is -2.33. The van der Waals surface area contributed by atoms with Crippen LogP contribution in [0.5, 0.6) is 0 Å². The first kappa shape index (κ1) is 13.8. The van der Waals surface area contributed by atoms with Crippen molar-refractivity contribution in [1.29, 1.82) is 0 Å². The second-order valence-electron chi connectivity index (χ2n) is 4.42. The Kier molecular flexibility index (Phi) is 4.06. The molecule has 0 spiro atoms. The molecule has 0 bridgehead atoms. The molecule has 0 aliphatic rings. The molecule has 2 rings (SSSR count). The van der Waals surface area contributed by atoms with Gasteiger partial charge in [-0.3, -0.25) is 9.82 Å². The van der Waals surface area contributed by atoms with Crippen LogP contribution in [0.4, 0.5) is 5.69 Å². The molecule has 0 saturated heterocycles. The van der Waals surface area contributed by atoms with Gasteiger partial charge in [0.05, 0.1) is 17.4 Å². The van der Waals surface area contributed by atoms with Crippen molar-refractivity contribution >= 4 is 26.8 Å². The lowest BCUT2D eigenvalue weighted by Gasteiger charge is -2.18. The number of nitrogens with one attached hydrogen (secondary N) is 2. The highest BCUT2D eigenvalue weighted by molar-refractivity contribution is 7.90. The molecular weight excluding hydrogens is 264 g/mol. The molecule has 1 heterocycles. The van der Waals surface area contributed by atoms with Crippen molar-refractivity contribution in [2.75, 3.05) is 18.3 Å². The molecule has 6 nitrogen and oxygen atoms in total. The summed E-state index contributed by atoms with van der Waals surface area (Å²) in [4.78, 5) is 0. The standard InChI is InChI=1S/C12H18N4O2S/c1-3-4-8-16(2)19(17,18)15-11-7-5-6-10-9-13-14-12(10)11/h5-7,9,15H,3-4,8H2,1-2H3,(H,13,14). The molecule has 2 N–H and O–H groups in total. The summed E-state index contributed by atoms with van der Waals surface area (Å²) in [5.74, 6) is 0. The summed E-state index contributed by atoms with van der Waals surface area (Å²) in [6.07, 6.45) is 3.45. The minimum atomic E-state index is -3.52. The topological polar surface area (TPSA) is 78.1 Å². The first-order chi connectivity index (χ1) is 9.04. The van der Waals surface area contributed by atoms with Gasteiger partial charge in [-0.15, -0.1) is 0 Å². The number of rotatable bonds is 6. The summed E-state index contributed by atoms with van der Waals surface area (Å²) in [6, 6.07) is 5.38. The molecule has 1 aromatic heterocycles. The van der Waals surface area contributed by atoms with Gasteiger partial charge in [-0.25, -0.2) is 0 Å². The number of para-hydroxylation sites is 1. The highest BCUT2D eigenvalue weighted by atomic mass is 32.2. The van der Waals surface area contributed by atoms with Gasteiger partial charge in [-0.2, -0.15) is 17.8 Å². The maximum atomic E-state index is 12.2. The number of aromatic nitrogens is 2. The Morgan fingerprint density at radius 2 is 2.21 bits per heavy atom. The first-order valence-electron chi connectivity index (χ1n) is 6.21. The van der Waals surface area contributed by atoms with E-state index in [0.717, 1.165) is 18.2 Å². The van der Waals surface area contributed by atoms with E-state index in [9.17, 15) is 8.42 Å². The van der Waals surface area contributed by atoms with Crippen LogP contribution in [0.2, 0.25) is 0 Å². The van der Waals surface area contributed by atoms with Gasteiger partial charge in [0.1, 0.15) is 0 Å². The number of unbranched alkanes of at least 4 members (excludes halogenated alkanes) is 1. The molecule has 1 aromatic carbocycles. The van der Waals surface area contributed by atoms with Crippen LogP contribution in [-0.2, 0) is 10.2 Å². The van der Waals surface area contributed by atoms with Crippen LogP contribution < -0.4 is 4.72 Å². The maximum Gasteiger partial charge on any atom is 0.301 e. The van der Waals surface area contributed by atoms with E-state index < -0.39 is 10.2 Å². The summed E-state index contributed by atoms with van der Waals surface area (Å²) < 4.78 is 28.2. The van der Waals surface area contributed by atoms with E-state index in [0.29, 0.717) is 17.7 Å². The average molecular weight is 282 g/mol. The Labute approximate surface area is 113 Å². The smallest absolute Gasteiger partial charge is 0.276 e. The van der Waals surface area contributed by atoms with Crippen molar-refractivity contribution in [3.63, 3.8) is 0 Å². The highest BCUT2D eigenvalue weighted by Crippen LogP contribution is 2.22. The third-order valence-corrected chi connectivity index (χ3v) is 4.43. The van der Waals surface area contributed by atoms with Crippen molar-refractivity contribution in [2.45, 2.75) is 19.8 Å². The summed E-state index contributed by atoms with van der Waals surface area (Å²) in [7, 11) is -1.94. The zero-order valence-electron chi connectivity index (χ0n) is 11.0. The van der Waals surface area contributed by atoms with E-state index in [1.165, 1.54) is 4.31 Å². The number of benzene rings is 1. The molecule has 0 aliphatic carbocycles. The maximum absolute atomic E-state index is 12.2. The molecule has 2 aromatic rings. The molecular formula is C12H18N4O2S. The SMILES string of the molecule is CCCCN(C)S(=O)(=O)Nc1cccc2cn[nH]c12. The summed E-state index contributed by atoms with van der Waals surface area (Å²) >= 11 is 0. The lowest BCUT2D eigenvalue weighted by atomic mass is 10.2. The van der Waals surface area contributed by atoms with Crippen LogP contribution in [0.3, 0.4) is 0 Å². The molecule has 0 saturated carbocycles. The number of H-pyrrole nitrogens is 1. The van der Waals surface area contributed by atoms with Gasteiger partial charge in [0.25, 0.3) is 0 Å². The van der Waals surface area contributed by atoms with Gasteiger partial charge < -0.3 is 0 Å². The predicted octanol–water partition coefficient (Wildman–Crippen LogP) is 1.95. The number of hydrogen-bond donors (Lipinski definition) is 2. The van der Waals surface area contributed by atoms with Crippen LogP contribution in [0, 0.1) is 0 Å². The van der Waals surface area contributed by atoms with Gasteiger partial charge in [0.2, 0.25) is 0 Å². The summed E-state index contributed by atoms with van der Waals surface area (Å²) in [6.45, 7) is 2.53. The average Bonchev–Trinajstić information content (AvgIpc) is 2.84. The van der Waals surface area contributed by atoms with Crippen LogP contribution >= 0.6 is 0 Å². The number of fused-ring (bicyclic) bond motifs is 1. The molecule has 19 heavy (non-hydrogen) atoms. The fourth-order valence-corrected chi connectivity index (χ4v) is 2.75. The zero-order valence-corrected chi connectivity index (χ0v) is 11.9. The Morgan fingerprint density at radius 3 is 2.95 bits per heavy atom. The quantitative estimate of drug-likeness (QED) is 0.850. The van der Waals surface area contributed by atoms with Crippen LogP contribution in [0.25, 0.3) is 10.9 Å². The van der Waals surface area contributed by atoms with Crippen molar-refractivity contribution in [2.24, 2.45) is 0 Å². The molecule has 0 amide bonds. The number of aromatic amines is 1. The van der Waals surface area contributed by atoms with E-state index >= 15 is 0 Å². The van der Waals surface area contributed by atoms with Crippen molar-refractivity contribution in [1.82, 2.24) is 14.5 Å². The fourth-order valence-electron chi connectivity index (χ4n) is 1.77. The van der Waals surface area contributed by atoms with Crippen molar-refractivity contribution in [3.05, 3.63) is 24.4 Å². The normalized spacial score (nSPS) is 12.2. The second-order valence-corrected chi connectivity index (χ2v) is 6.20. The minimum Gasteiger partial charge on any atom is -0.276 e.